The predicted molar refractivity (Wildman–Crippen MR) is 110 cm³/mol. The van der Waals surface area contributed by atoms with E-state index in [-0.39, 0.29) is 17.9 Å². The van der Waals surface area contributed by atoms with Crippen molar-refractivity contribution >= 4 is 55.1 Å². The Morgan fingerprint density at radius 3 is 2.43 bits per heavy atom. The van der Waals surface area contributed by atoms with Crippen LogP contribution in [0.3, 0.4) is 0 Å². The Morgan fingerprint density at radius 2 is 1.86 bits per heavy atom. The minimum Gasteiger partial charge on any atom is -0.254 e. The van der Waals surface area contributed by atoms with E-state index in [1.54, 1.807) is 24.3 Å². The Labute approximate surface area is 180 Å². The number of hydrogen-bond donors (Lipinski definition) is 1. The van der Waals surface area contributed by atoms with E-state index in [0.717, 1.165) is 0 Å². The number of alkyl halides is 3. The summed E-state index contributed by atoms with van der Waals surface area (Å²) in [5.74, 6) is 0. The molecule has 0 amide bonds. The van der Waals surface area contributed by atoms with Crippen LogP contribution in [0.5, 0.6) is 0 Å². The molecule has 1 aliphatic heterocycles. The third-order valence-corrected chi connectivity index (χ3v) is 7.45. The molecule has 158 valence electrons. The molecule has 2 atom stereocenters. The molecular formula is C16H21Cl3N2O5S2. The van der Waals surface area contributed by atoms with Gasteiger partial charge < -0.3 is 0 Å². The van der Waals surface area contributed by atoms with Gasteiger partial charge in [0.15, 0.2) is 0 Å². The molecule has 0 aromatic heterocycles. The summed E-state index contributed by atoms with van der Waals surface area (Å²) in [6.45, 7) is 3.26. The molecule has 0 unspecified atom stereocenters. The molecule has 1 aromatic rings. The highest BCUT2D eigenvalue weighted by Crippen LogP contribution is 2.29. The van der Waals surface area contributed by atoms with Crippen molar-refractivity contribution in [1.29, 1.82) is 0 Å². The van der Waals surface area contributed by atoms with E-state index in [2.05, 4.69) is 11.3 Å². The fraction of sp³-hybridized carbons (Fsp3) is 0.500. The quantitative estimate of drug-likeness (QED) is 0.446. The minimum atomic E-state index is -4.26. The fourth-order valence-electron chi connectivity index (χ4n) is 3.01. The second-order valence-corrected chi connectivity index (χ2v) is 12.0. The van der Waals surface area contributed by atoms with Crippen molar-refractivity contribution in [2.24, 2.45) is 0 Å². The van der Waals surface area contributed by atoms with Crippen LogP contribution >= 0.6 is 34.8 Å². The maximum atomic E-state index is 13.1. The molecule has 0 bridgehead atoms. The summed E-state index contributed by atoms with van der Waals surface area (Å²) in [6.07, 6.45) is 2.70. The Morgan fingerprint density at radius 1 is 1.21 bits per heavy atom. The van der Waals surface area contributed by atoms with Crippen LogP contribution in [0.4, 0.5) is 0 Å². The van der Waals surface area contributed by atoms with Crippen LogP contribution in [0.15, 0.2) is 47.9 Å². The van der Waals surface area contributed by atoms with E-state index in [1.807, 2.05) is 0 Å². The second kappa shape index (κ2) is 9.61. The van der Waals surface area contributed by atoms with Gasteiger partial charge in [0.25, 0.3) is 0 Å². The Hall–Kier alpha value is -0.390. The van der Waals surface area contributed by atoms with Gasteiger partial charge in [-0.3, -0.25) is 4.18 Å². The van der Waals surface area contributed by atoms with E-state index < -0.39 is 42.8 Å². The lowest BCUT2D eigenvalue weighted by molar-refractivity contribution is 0.206. The summed E-state index contributed by atoms with van der Waals surface area (Å²) in [7, 11) is -8.07. The lowest BCUT2D eigenvalue weighted by Gasteiger charge is -2.40. The highest BCUT2D eigenvalue weighted by atomic mass is 35.6. The second-order valence-electron chi connectivity index (χ2n) is 6.22. The Bertz CT molecular complexity index is 873. The molecule has 7 nitrogen and oxygen atoms in total. The van der Waals surface area contributed by atoms with Gasteiger partial charge >= 0.3 is 10.3 Å². The van der Waals surface area contributed by atoms with Gasteiger partial charge in [-0.1, -0.05) is 59.1 Å². The van der Waals surface area contributed by atoms with E-state index in [1.165, 1.54) is 16.4 Å². The van der Waals surface area contributed by atoms with Crippen molar-refractivity contribution in [1.82, 2.24) is 9.03 Å². The SMILES string of the molecule is C=CC[C@H]1[C@H](NS(=O)(=O)OCC(Cl)(Cl)Cl)CCCN1S(=O)(=O)c1ccccc1. The third-order valence-electron chi connectivity index (χ3n) is 4.16. The lowest BCUT2D eigenvalue weighted by Crippen LogP contribution is -2.56. The van der Waals surface area contributed by atoms with Gasteiger partial charge in [-0.25, -0.2) is 8.42 Å². The summed E-state index contributed by atoms with van der Waals surface area (Å²) in [5, 5.41) is 0. The molecule has 0 saturated carbocycles. The number of rotatable bonds is 8. The zero-order chi connectivity index (χ0) is 21.0. The number of piperidine rings is 1. The minimum absolute atomic E-state index is 0.139. The zero-order valence-corrected chi connectivity index (χ0v) is 18.7. The Balaban J connectivity index is 2.25. The van der Waals surface area contributed by atoms with Crippen LogP contribution < -0.4 is 4.72 Å². The molecule has 1 fully saturated rings. The van der Waals surface area contributed by atoms with E-state index in [9.17, 15) is 16.8 Å². The van der Waals surface area contributed by atoms with Gasteiger partial charge in [-0.05, 0) is 31.4 Å². The molecule has 2 rings (SSSR count). The smallest absolute Gasteiger partial charge is 0.254 e. The van der Waals surface area contributed by atoms with Crippen molar-refractivity contribution < 1.29 is 21.0 Å². The summed E-state index contributed by atoms with van der Waals surface area (Å²) in [4.78, 5) is 0.139. The molecule has 0 aliphatic carbocycles. The van der Waals surface area contributed by atoms with Crippen LogP contribution in [0.2, 0.25) is 0 Å². The predicted octanol–water partition coefficient (Wildman–Crippen LogP) is 3.01. The average molecular weight is 492 g/mol. The first-order chi connectivity index (χ1) is 13.0. The van der Waals surface area contributed by atoms with E-state index in [0.29, 0.717) is 12.8 Å². The molecule has 0 spiro atoms. The molecule has 1 aromatic carbocycles. The molecule has 1 saturated heterocycles. The first-order valence-corrected chi connectivity index (χ1v) is 12.4. The van der Waals surface area contributed by atoms with Gasteiger partial charge in [0.1, 0.15) is 6.61 Å². The van der Waals surface area contributed by atoms with E-state index >= 15 is 0 Å². The average Bonchev–Trinajstić information content (AvgIpc) is 2.62. The van der Waals surface area contributed by atoms with E-state index in [4.69, 9.17) is 39.0 Å². The molecule has 12 heteroatoms. The van der Waals surface area contributed by atoms with Crippen molar-refractivity contribution in [3.63, 3.8) is 0 Å². The Kier molecular flexibility index (Phi) is 8.20. The lowest BCUT2D eigenvalue weighted by atomic mass is 9.97. The summed E-state index contributed by atoms with van der Waals surface area (Å²) in [6, 6.07) is 6.59. The summed E-state index contributed by atoms with van der Waals surface area (Å²) in [5.41, 5.74) is 0. The first-order valence-electron chi connectivity index (χ1n) is 8.37. The van der Waals surface area contributed by atoms with Gasteiger partial charge in [-0.2, -0.15) is 17.4 Å². The summed E-state index contributed by atoms with van der Waals surface area (Å²) >= 11 is 16.6. The number of nitrogens with zero attached hydrogens (tertiary/aromatic N) is 1. The number of halogens is 3. The molecule has 0 radical (unpaired) electrons. The number of hydrogen-bond acceptors (Lipinski definition) is 5. The largest absolute Gasteiger partial charge is 0.336 e. The normalized spacial score (nSPS) is 22.1. The molecular weight excluding hydrogens is 471 g/mol. The number of sulfonamides is 1. The zero-order valence-electron chi connectivity index (χ0n) is 14.8. The highest BCUT2D eigenvalue weighted by molar-refractivity contribution is 7.89. The van der Waals surface area contributed by atoms with Crippen LogP contribution in [0, 0.1) is 0 Å². The summed E-state index contributed by atoms with van der Waals surface area (Å²) < 4.78 is 57.1. The maximum Gasteiger partial charge on any atom is 0.336 e. The van der Waals surface area contributed by atoms with Crippen LogP contribution in [0.1, 0.15) is 19.3 Å². The molecule has 1 aliphatic rings. The van der Waals surface area contributed by atoms with Crippen molar-refractivity contribution in [2.75, 3.05) is 13.2 Å². The molecule has 28 heavy (non-hydrogen) atoms. The van der Waals surface area contributed by atoms with Crippen LogP contribution in [-0.4, -0.2) is 50.2 Å². The topological polar surface area (TPSA) is 92.8 Å². The van der Waals surface area contributed by atoms with Gasteiger partial charge in [0, 0.05) is 18.6 Å². The van der Waals surface area contributed by atoms with Crippen molar-refractivity contribution in [2.45, 2.75) is 40.0 Å². The monoisotopic (exact) mass is 490 g/mol. The van der Waals surface area contributed by atoms with Crippen molar-refractivity contribution in [3.8, 4) is 0 Å². The van der Waals surface area contributed by atoms with Crippen molar-refractivity contribution in [3.05, 3.63) is 43.0 Å². The molecule has 1 N–H and O–H groups in total. The number of nitrogens with one attached hydrogen (secondary N) is 1. The first kappa shape index (κ1) is 23.9. The van der Waals surface area contributed by atoms with Gasteiger partial charge in [0.2, 0.25) is 13.8 Å². The fourth-order valence-corrected chi connectivity index (χ4v) is 6.14. The third kappa shape index (κ3) is 6.56. The number of benzene rings is 1. The van der Waals surface area contributed by atoms with Gasteiger partial charge in [-0.15, -0.1) is 6.58 Å². The van der Waals surface area contributed by atoms with Crippen LogP contribution in [-0.2, 0) is 24.5 Å². The highest BCUT2D eigenvalue weighted by Gasteiger charge is 2.40. The maximum absolute atomic E-state index is 13.1. The van der Waals surface area contributed by atoms with Crippen LogP contribution in [0.25, 0.3) is 0 Å². The standard InChI is InChI=1S/C16H21Cl3N2O5S2/c1-2-7-15-14(20-28(24,25)26-12-16(17,18)19)10-6-11-21(15)27(22,23)13-8-4-3-5-9-13/h2-5,8-9,14-15,20H,1,6-7,10-12H2/t14-,15+/m1/s1. The molecule has 1 heterocycles. The van der Waals surface area contributed by atoms with Gasteiger partial charge in [0.05, 0.1) is 4.90 Å².